The molecule has 1 aliphatic rings. The van der Waals surface area contributed by atoms with Gasteiger partial charge in [0.2, 0.25) is 0 Å². The molecule has 2 aromatic rings. The number of urea groups is 1. The van der Waals surface area contributed by atoms with E-state index < -0.39 is 0 Å². The molecule has 2 amide bonds. The van der Waals surface area contributed by atoms with Crippen LogP contribution in [0.1, 0.15) is 15.9 Å². The van der Waals surface area contributed by atoms with E-state index in [2.05, 4.69) is 10.2 Å². The van der Waals surface area contributed by atoms with Crippen LogP contribution in [0.15, 0.2) is 42.5 Å². The predicted molar refractivity (Wildman–Crippen MR) is 108 cm³/mol. The Morgan fingerprint density at radius 3 is 2.25 bits per heavy atom. The minimum atomic E-state index is -0.348. The van der Waals surface area contributed by atoms with E-state index in [1.807, 2.05) is 37.3 Å². The molecule has 0 aromatic heterocycles. The van der Waals surface area contributed by atoms with Gasteiger partial charge < -0.3 is 24.6 Å². The topological polar surface area (TPSA) is 71.1 Å². The molecule has 0 aliphatic carbocycles. The average molecular weight is 383 g/mol. The highest BCUT2D eigenvalue weighted by Crippen LogP contribution is 2.26. The molecule has 1 saturated heterocycles. The van der Waals surface area contributed by atoms with Crippen molar-refractivity contribution in [2.45, 2.75) is 6.92 Å². The Balaban J connectivity index is 1.58. The first-order chi connectivity index (χ1) is 13.5. The zero-order chi connectivity index (χ0) is 20.1. The van der Waals surface area contributed by atoms with E-state index >= 15 is 0 Å². The number of piperazine rings is 1. The van der Waals surface area contributed by atoms with Crippen LogP contribution in [0.25, 0.3) is 0 Å². The van der Waals surface area contributed by atoms with Gasteiger partial charge in [0.05, 0.1) is 25.5 Å². The number of carbonyl (C=O) groups excluding carboxylic acids is 2. The minimum absolute atomic E-state index is 0.135. The van der Waals surface area contributed by atoms with E-state index in [1.54, 1.807) is 24.1 Å². The third kappa shape index (κ3) is 4.36. The highest BCUT2D eigenvalue weighted by Gasteiger charge is 2.22. The molecule has 7 nitrogen and oxygen atoms in total. The highest BCUT2D eigenvalue weighted by atomic mass is 16.5. The molecule has 28 heavy (non-hydrogen) atoms. The average Bonchev–Trinajstić information content (AvgIpc) is 2.73. The largest absolute Gasteiger partial charge is 0.495 e. The van der Waals surface area contributed by atoms with Crippen molar-refractivity contribution in [3.05, 3.63) is 53.6 Å². The van der Waals surface area contributed by atoms with Crippen LogP contribution in [0.4, 0.5) is 16.2 Å². The molecule has 3 rings (SSSR count). The van der Waals surface area contributed by atoms with Crippen LogP contribution in [-0.2, 0) is 4.74 Å². The van der Waals surface area contributed by atoms with Crippen LogP contribution in [0.2, 0.25) is 0 Å². The number of hydrogen-bond donors (Lipinski definition) is 1. The van der Waals surface area contributed by atoms with Gasteiger partial charge in [0.25, 0.3) is 0 Å². The van der Waals surface area contributed by atoms with Crippen LogP contribution in [-0.4, -0.2) is 57.3 Å². The maximum absolute atomic E-state index is 12.6. The Kier molecular flexibility index (Phi) is 6.03. The Morgan fingerprint density at radius 2 is 1.64 bits per heavy atom. The van der Waals surface area contributed by atoms with E-state index in [-0.39, 0.29) is 12.0 Å². The number of carbonyl (C=O) groups is 2. The molecule has 7 heteroatoms. The van der Waals surface area contributed by atoms with Crippen LogP contribution in [0.5, 0.6) is 5.75 Å². The summed E-state index contributed by atoms with van der Waals surface area (Å²) in [5.41, 5.74) is 3.27. The fourth-order valence-electron chi connectivity index (χ4n) is 3.21. The zero-order valence-electron chi connectivity index (χ0n) is 16.4. The minimum Gasteiger partial charge on any atom is -0.495 e. The summed E-state index contributed by atoms with van der Waals surface area (Å²) in [5.74, 6) is 0.294. The lowest BCUT2D eigenvalue weighted by molar-refractivity contribution is 0.0600. The van der Waals surface area contributed by atoms with Gasteiger partial charge in [-0.3, -0.25) is 0 Å². The summed E-state index contributed by atoms with van der Waals surface area (Å²) in [6.45, 7) is 4.63. The standard InChI is InChI=1S/C21H25N3O4/c1-15-4-9-19(27-2)18(14-15)22-21(26)24-12-10-23(11-13-24)17-7-5-16(6-8-17)20(25)28-3/h4-9,14H,10-13H2,1-3H3,(H,22,26). The first-order valence-electron chi connectivity index (χ1n) is 9.15. The lowest BCUT2D eigenvalue weighted by Gasteiger charge is -2.36. The van der Waals surface area contributed by atoms with E-state index in [1.165, 1.54) is 7.11 Å². The number of benzene rings is 2. The first kappa shape index (κ1) is 19.5. The molecule has 0 spiro atoms. The van der Waals surface area contributed by atoms with Crippen LogP contribution < -0.4 is 15.0 Å². The lowest BCUT2D eigenvalue weighted by atomic mass is 10.2. The van der Waals surface area contributed by atoms with Gasteiger partial charge in [0.15, 0.2) is 0 Å². The number of esters is 1. The SMILES string of the molecule is COC(=O)c1ccc(N2CCN(C(=O)Nc3cc(C)ccc3OC)CC2)cc1. The van der Waals surface area contributed by atoms with Crippen LogP contribution in [0, 0.1) is 6.92 Å². The van der Waals surface area contributed by atoms with Gasteiger partial charge >= 0.3 is 12.0 Å². The van der Waals surface area contributed by atoms with E-state index in [4.69, 9.17) is 9.47 Å². The fraction of sp³-hybridized carbons (Fsp3) is 0.333. The molecule has 1 aliphatic heterocycles. The summed E-state index contributed by atoms with van der Waals surface area (Å²) in [4.78, 5) is 28.2. The summed E-state index contributed by atoms with van der Waals surface area (Å²) in [5, 5.41) is 2.95. The maximum atomic E-state index is 12.6. The van der Waals surface area contributed by atoms with E-state index in [0.29, 0.717) is 30.1 Å². The molecule has 0 radical (unpaired) electrons. The Labute approximate surface area is 164 Å². The third-order valence-corrected chi connectivity index (χ3v) is 4.82. The molecule has 0 atom stereocenters. The summed E-state index contributed by atoms with van der Waals surface area (Å²) >= 11 is 0. The molecular formula is C21H25N3O4. The number of amides is 2. The number of aryl methyl sites for hydroxylation is 1. The summed E-state index contributed by atoms with van der Waals surface area (Å²) in [6.07, 6.45) is 0. The van der Waals surface area contributed by atoms with Gasteiger partial charge in [-0.15, -0.1) is 0 Å². The smallest absolute Gasteiger partial charge is 0.337 e. The molecule has 1 N–H and O–H groups in total. The van der Waals surface area contributed by atoms with E-state index in [9.17, 15) is 9.59 Å². The van der Waals surface area contributed by atoms with Gasteiger partial charge in [0.1, 0.15) is 5.75 Å². The van der Waals surface area contributed by atoms with Crippen molar-refractivity contribution in [3.63, 3.8) is 0 Å². The highest BCUT2D eigenvalue weighted by molar-refractivity contribution is 5.91. The second-order valence-corrected chi connectivity index (χ2v) is 6.65. The summed E-state index contributed by atoms with van der Waals surface area (Å²) in [6, 6.07) is 12.9. The Bertz CT molecular complexity index is 843. The molecule has 148 valence electrons. The Morgan fingerprint density at radius 1 is 0.964 bits per heavy atom. The monoisotopic (exact) mass is 383 g/mol. The van der Waals surface area contributed by atoms with Crippen molar-refractivity contribution in [1.29, 1.82) is 0 Å². The fourth-order valence-corrected chi connectivity index (χ4v) is 3.21. The maximum Gasteiger partial charge on any atom is 0.337 e. The third-order valence-electron chi connectivity index (χ3n) is 4.82. The van der Waals surface area contributed by atoms with Gasteiger partial charge in [0, 0.05) is 31.9 Å². The van der Waals surface area contributed by atoms with E-state index in [0.717, 1.165) is 24.3 Å². The second-order valence-electron chi connectivity index (χ2n) is 6.65. The van der Waals surface area contributed by atoms with Crippen molar-refractivity contribution in [2.75, 3.05) is 50.6 Å². The summed E-state index contributed by atoms with van der Waals surface area (Å²) in [7, 11) is 2.96. The number of rotatable bonds is 4. The van der Waals surface area contributed by atoms with Crippen molar-refractivity contribution in [1.82, 2.24) is 4.90 Å². The first-order valence-corrected chi connectivity index (χ1v) is 9.15. The molecule has 0 bridgehead atoms. The zero-order valence-corrected chi connectivity index (χ0v) is 16.4. The number of methoxy groups -OCH3 is 2. The number of nitrogens with one attached hydrogen (secondary N) is 1. The molecule has 2 aromatic carbocycles. The number of anilines is 2. The van der Waals surface area contributed by atoms with Gasteiger partial charge in [-0.2, -0.15) is 0 Å². The van der Waals surface area contributed by atoms with Crippen LogP contribution in [0.3, 0.4) is 0 Å². The quantitative estimate of drug-likeness (QED) is 0.822. The predicted octanol–water partition coefficient (Wildman–Crippen LogP) is 3.14. The van der Waals surface area contributed by atoms with Gasteiger partial charge in [-0.05, 0) is 48.9 Å². The second kappa shape index (κ2) is 8.65. The van der Waals surface area contributed by atoms with Crippen molar-refractivity contribution >= 4 is 23.4 Å². The van der Waals surface area contributed by atoms with Crippen LogP contribution >= 0.6 is 0 Å². The Hall–Kier alpha value is -3.22. The van der Waals surface area contributed by atoms with Gasteiger partial charge in [-0.1, -0.05) is 6.07 Å². The molecule has 0 unspecified atom stereocenters. The number of nitrogens with zero attached hydrogens (tertiary/aromatic N) is 2. The summed E-state index contributed by atoms with van der Waals surface area (Å²) < 4.78 is 10.0. The molecule has 1 fully saturated rings. The van der Waals surface area contributed by atoms with Crippen molar-refractivity contribution < 1.29 is 19.1 Å². The number of ether oxygens (including phenoxy) is 2. The lowest BCUT2D eigenvalue weighted by Crippen LogP contribution is -2.50. The molecular weight excluding hydrogens is 358 g/mol. The van der Waals surface area contributed by atoms with Gasteiger partial charge in [-0.25, -0.2) is 9.59 Å². The van der Waals surface area contributed by atoms with Crippen molar-refractivity contribution in [3.8, 4) is 5.75 Å². The molecule has 1 heterocycles. The number of hydrogen-bond acceptors (Lipinski definition) is 5. The van der Waals surface area contributed by atoms with Crippen molar-refractivity contribution in [2.24, 2.45) is 0 Å². The molecule has 0 saturated carbocycles. The normalized spacial score (nSPS) is 13.8.